The second-order valence-electron chi connectivity index (χ2n) is 9.15. The molecule has 2 aromatic carbocycles. The Balaban J connectivity index is 1.22. The predicted molar refractivity (Wildman–Crippen MR) is 133 cm³/mol. The van der Waals surface area contributed by atoms with Crippen molar-refractivity contribution in [2.45, 2.75) is 46.8 Å². The van der Waals surface area contributed by atoms with Crippen molar-refractivity contribution in [2.75, 3.05) is 5.32 Å². The molecule has 0 aliphatic heterocycles. The monoisotopic (exact) mass is 558 g/mol. The van der Waals surface area contributed by atoms with E-state index in [0.717, 1.165) is 17.7 Å². The quantitative estimate of drug-likeness (QED) is 0.252. The number of nitrogens with zero attached hydrogens (tertiary/aromatic N) is 3. The molecule has 1 N–H and O–H groups in total. The molecule has 0 spiro atoms. The molecule has 198 valence electrons. The van der Waals surface area contributed by atoms with Crippen LogP contribution >= 0.6 is 10.2 Å². The van der Waals surface area contributed by atoms with Gasteiger partial charge in [0.15, 0.2) is 15.5 Å². The maximum Gasteiger partial charge on any atom is 0.310 e. The van der Waals surface area contributed by atoms with Gasteiger partial charge in [0, 0.05) is 35.9 Å². The van der Waals surface area contributed by atoms with E-state index in [1.165, 1.54) is 0 Å². The van der Waals surface area contributed by atoms with E-state index in [0.29, 0.717) is 49.2 Å². The molecule has 1 aliphatic carbocycles. The summed E-state index contributed by atoms with van der Waals surface area (Å²) in [7, 11) is -13.3. The molecule has 0 unspecified atom stereocenters. The first-order chi connectivity index (χ1) is 17.2. The molecule has 4 aromatic rings. The van der Waals surface area contributed by atoms with E-state index in [1.54, 1.807) is 42.9 Å². The van der Waals surface area contributed by atoms with E-state index < -0.39 is 30.2 Å². The molecule has 6 nitrogen and oxygen atoms in total. The third-order valence-electron chi connectivity index (χ3n) is 6.54. The van der Waals surface area contributed by atoms with Gasteiger partial charge in [-0.05, 0) is 62.1 Å². The van der Waals surface area contributed by atoms with Gasteiger partial charge in [-0.3, -0.25) is 4.98 Å². The molecule has 2 heterocycles. The van der Waals surface area contributed by atoms with Crippen molar-refractivity contribution in [2.24, 2.45) is 0 Å². The molecule has 0 atom stereocenters. The molecule has 0 saturated heterocycles. The van der Waals surface area contributed by atoms with Crippen LogP contribution in [0.15, 0.2) is 83.1 Å². The van der Waals surface area contributed by atoms with Crippen LogP contribution in [0.4, 0.5) is 25.1 Å². The highest BCUT2D eigenvalue weighted by atomic mass is 32.5. The Morgan fingerprint density at radius 2 is 1.51 bits per heavy atom. The van der Waals surface area contributed by atoms with Crippen LogP contribution in [0.25, 0.3) is 16.9 Å². The van der Waals surface area contributed by atoms with Gasteiger partial charge in [0.1, 0.15) is 4.90 Å². The van der Waals surface area contributed by atoms with Crippen molar-refractivity contribution in [3.63, 3.8) is 0 Å². The van der Waals surface area contributed by atoms with E-state index >= 15 is 0 Å². The lowest BCUT2D eigenvalue weighted by molar-refractivity contribution is 0.364. The van der Waals surface area contributed by atoms with E-state index in [4.69, 9.17) is 0 Å². The fourth-order valence-corrected chi connectivity index (χ4v) is 6.99. The largest absolute Gasteiger partial charge is 0.382 e. The minimum Gasteiger partial charge on any atom is -0.382 e. The van der Waals surface area contributed by atoms with Gasteiger partial charge in [-0.25, -0.2) is 13.4 Å². The number of hydrogen-bond donors (Lipinski definition) is 1. The van der Waals surface area contributed by atoms with Gasteiger partial charge >= 0.3 is 10.2 Å². The van der Waals surface area contributed by atoms with Crippen molar-refractivity contribution in [3.05, 3.63) is 73.3 Å². The number of hydrogen-bond acceptors (Lipinski definition) is 5. The first kappa shape index (κ1) is 25.5. The van der Waals surface area contributed by atoms with Crippen LogP contribution in [0.2, 0.25) is 0 Å². The van der Waals surface area contributed by atoms with Crippen LogP contribution in [0.3, 0.4) is 0 Å². The van der Waals surface area contributed by atoms with Crippen LogP contribution < -0.4 is 5.32 Å². The van der Waals surface area contributed by atoms with Crippen LogP contribution in [-0.2, 0) is 9.84 Å². The highest BCUT2D eigenvalue weighted by Gasteiger charge is 2.65. The molecule has 0 radical (unpaired) electrons. The Labute approximate surface area is 210 Å². The Morgan fingerprint density at radius 3 is 2.14 bits per heavy atom. The fraction of sp³-hybridized carbons (Fsp3) is 0.250. The standard InChI is InChI=1S/C24H23F5N4O2S2/c25-37(26,27,28,29)22-11-5-19(6-12-22)32-18-3-9-21(10-4-18)36(34,35)20-7-1-17(2-8-20)23-16-33-14-13-30-24(33)15-31-23/h1-2,5-8,11-16,18,21,32H,3-4,9-10H2. The maximum absolute atomic E-state index is 13.2. The minimum absolute atomic E-state index is 0.177. The number of fused-ring (bicyclic) bond motifs is 1. The van der Waals surface area contributed by atoms with Gasteiger partial charge in [0.25, 0.3) is 0 Å². The Morgan fingerprint density at radius 1 is 0.865 bits per heavy atom. The lowest BCUT2D eigenvalue weighted by Gasteiger charge is -2.40. The molecule has 1 saturated carbocycles. The number of rotatable bonds is 6. The third kappa shape index (κ3) is 5.42. The number of anilines is 1. The smallest absolute Gasteiger partial charge is 0.310 e. The number of sulfone groups is 1. The molecule has 2 aromatic heterocycles. The molecule has 0 bridgehead atoms. The highest BCUT2D eigenvalue weighted by molar-refractivity contribution is 8.45. The van der Waals surface area contributed by atoms with E-state index in [9.17, 15) is 27.8 Å². The normalized spacial score (nSPS) is 20.8. The first-order valence-corrected chi connectivity index (χ1v) is 14.9. The van der Waals surface area contributed by atoms with Gasteiger partial charge in [-0.15, -0.1) is 0 Å². The van der Waals surface area contributed by atoms with Gasteiger partial charge < -0.3 is 9.72 Å². The third-order valence-corrected chi connectivity index (χ3v) is 9.98. The lowest BCUT2D eigenvalue weighted by Crippen LogP contribution is -2.32. The van der Waals surface area contributed by atoms with Gasteiger partial charge in [0.2, 0.25) is 0 Å². The van der Waals surface area contributed by atoms with Gasteiger partial charge in [-0.1, -0.05) is 31.6 Å². The number of aromatic nitrogens is 3. The second-order valence-corrected chi connectivity index (χ2v) is 13.8. The van der Waals surface area contributed by atoms with Crippen LogP contribution in [-0.4, -0.2) is 34.1 Å². The SMILES string of the molecule is O=S(=O)(c1ccc(-c2cn3ccnc3cn2)cc1)C1CCC(Nc2ccc(S(F)(F)(F)(F)F)cc2)CC1. The van der Waals surface area contributed by atoms with Crippen molar-refractivity contribution in [1.29, 1.82) is 0 Å². The Hall–Kier alpha value is -3.19. The number of nitrogens with one attached hydrogen (secondary N) is 1. The number of halogens is 5. The Bertz CT molecular complexity index is 1550. The molecule has 1 aliphatic rings. The zero-order chi connectivity index (χ0) is 26.5. The average Bonchev–Trinajstić information content (AvgIpc) is 3.31. The van der Waals surface area contributed by atoms with E-state index in [2.05, 4.69) is 15.3 Å². The lowest BCUT2D eigenvalue weighted by atomic mass is 9.95. The number of imidazole rings is 1. The summed E-state index contributed by atoms with van der Waals surface area (Å²) < 4.78 is 92.7. The number of benzene rings is 2. The van der Waals surface area contributed by atoms with Crippen LogP contribution in [0, 0.1) is 0 Å². The topological polar surface area (TPSA) is 76.4 Å². The summed E-state index contributed by atoms with van der Waals surface area (Å²) in [6.45, 7) is 0. The van der Waals surface area contributed by atoms with Crippen molar-refractivity contribution in [3.8, 4) is 11.3 Å². The zero-order valence-corrected chi connectivity index (χ0v) is 20.9. The molecule has 37 heavy (non-hydrogen) atoms. The van der Waals surface area contributed by atoms with Crippen molar-refractivity contribution < 1.29 is 27.8 Å². The molecule has 0 amide bonds. The molecule has 13 heteroatoms. The van der Waals surface area contributed by atoms with E-state index in [-0.39, 0.29) is 16.6 Å². The fourth-order valence-electron chi connectivity index (χ4n) is 4.54. The second kappa shape index (κ2) is 8.15. The van der Waals surface area contributed by atoms with Crippen LogP contribution in [0.1, 0.15) is 25.7 Å². The van der Waals surface area contributed by atoms with Crippen molar-refractivity contribution in [1.82, 2.24) is 14.4 Å². The molecular weight excluding hydrogens is 535 g/mol. The summed E-state index contributed by atoms with van der Waals surface area (Å²) >= 11 is 0. The minimum atomic E-state index is -9.71. The van der Waals surface area contributed by atoms with Crippen molar-refractivity contribution >= 4 is 31.4 Å². The zero-order valence-electron chi connectivity index (χ0n) is 19.3. The van der Waals surface area contributed by atoms with E-state index in [1.807, 2.05) is 10.6 Å². The summed E-state index contributed by atoms with van der Waals surface area (Å²) in [5.74, 6) is 0. The van der Waals surface area contributed by atoms with Gasteiger partial charge in [-0.2, -0.15) is 0 Å². The maximum atomic E-state index is 13.2. The summed E-state index contributed by atoms with van der Waals surface area (Å²) in [6, 6.07) is 9.05. The summed E-state index contributed by atoms with van der Waals surface area (Å²) in [6.07, 6.45) is 8.57. The summed E-state index contributed by atoms with van der Waals surface area (Å²) in [5, 5.41) is 2.43. The summed E-state index contributed by atoms with van der Waals surface area (Å²) in [5.41, 5.74) is 2.41. The first-order valence-electron chi connectivity index (χ1n) is 11.4. The van der Waals surface area contributed by atoms with Crippen LogP contribution in [0.5, 0.6) is 0 Å². The summed E-state index contributed by atoms with van der Waals surface area (Å²) in [4.78, 5) is 6.78. The molecular formula is C24H23F5N4O2S2. The molecule has 5 rings (SSSR count). The predicted octanol–water partition coefficient (Wildman–Crippen LogP) is 7.25. The average molecular weight is 559 g/mol. The molecule has 1 fully saturated rings. The highest BCUT2D eigenvalue weighted by Crippen LogP contribution is 3.02. The van der Waals surface area contributed by atoms with Gasteiger partial charge in [0.05, 0.1) is 22.0 Å². The Kier molecular flexibility index (Phi) is 5.61.